The monoisotopic (exact) mass is 574 g/mol. The number of hydrogen-bond acceptors (Lipinski definition) is 11. The number of phenols is 2. The van der Waals surface area contributed by atoms with Gasteiger partial charge in [0.1, 0.15) is 28.6 Å². The van der Waals surface area contributed by atoms with E-state index in [0.717, 1.165) is 7.11 Å². The van der Waals surface area contributed by atoms with Crippen LogP contribution >= 0.6 is 0 Å². The summed E-state index contributed by atoms with van der Waals surface area (Å²) < 4.78 is 16.7. The van der Waals surface area contributed by atoms with E-state index in [0.29, 0.717) is 11.1 Å². The number of benzene rings is 2. The Kier molecular flexibility index (Phi) is 5.28. The SMILES string of the molecule is COC(=O)[C@@]1([C@@H]2CCC(=O)O2)CC(=O)c2c(O)cc3c(c2O1)[C@@H]1C=C[C@]2(C3)C(=C(O)c3c(O)cc(C)cc3[C@@H]2O)C1=O. The number of fused-ring (bicyclic) bond motifs is 2. The predicted octanol–water partition coefficient (Wildman–Crippen LogP) is 2.77. The van der Waals surface area contributed by atoms with Gasteiger partial charge in [0, 0.05) is 12.0 Å². The van der Waals surface area contributed by atoms with Crippen molar-refractivity contribution in [3.8, 4) is 17.2 Å². The van der Waals surface area contributed by atoms with E-state index in [1.54, 1.807) is 25.1 Å². The highest BCUT2D eigenvalue weighted by Gasteiger charge is 2.61. The quantitative estimate of drug-likeness (QED) is 0.306. The third-order valence-electron chi connectivity index (χ3n) is 9.23. The minimum absolute atomic E-state index is 0.00344. The number of cyclic esters (lactones) is 1. The molecule has 4 N–H and O–H groups in total. The fourth-order valence-corrected chi connectivity index (χ4v) is 7.42. The molecular formula is C31H26O11. The number of methoxy groups -OCH3 is 1. The number of carbonyl (C=O) groups is 4. The molecule has 2 aromatic carbocycles. The van der Waals surface area contributed by atoms with Crippen LogP contribution in [0.5, 0.6) is 17.2 Å². The summed E-state index contributed by atoms with van der Waals surface area (Å²) in [5.74, 6) is -5.40. The number of esters is 2. The number of aryl methyl sites for hydroxylation is 1. The van der Waals surface area contributed by atoms with Gasteiger partial charge >= 0.3 is 11.9 Å². The van der Waals surface area contributed by atoms with Gasteiger partial charge in [0.25, 0.3) is 0 Å². The number of hydrogen-bond donors (Lipinski definition) is 4. The predicted molar refractivity (Wildman–Crippen MR) is 142 cm³/mol. The molecule has 0 amide bonds. The number of aliphatic hydroxyl groups is 2. The molecule has 0 unspecified atom stereocenters. The number of Topliss-reactive ketones (excluding diaryl/α,β-unsaturated/α-hetero) is 2. The van der Waals surface area contributed by atoms with E-state index in [1.165, 1.54) is 12.1 Å². The molecule has 4 aliphatic carbocycles. The normalized spacial score (nSPS) is 30.5. The van der Waals surface area contributed by atoms with E-state index in [4.69, 9.17) is 14.2 Å². The van der Waals surface area contributed by atoms with Crippen LogP contribution in [0.2, 0.25) is 0 Å². The maximum atomic E-state index is 14.2. The largest absolute Gasteiger partial charge is 0.507 e. The molecule has 2 aromatic rings. The van der Waals surface area contributed by atoms with Gasteiger partial charge in [-0.25, -0.2) is 4.79 Å². The number of aliphatic hydroxyl groups excluding tert-OH is 2. The molecule has 1 fully saturated rings. The smallest absolute Gasteiger partial charge is 0.354 e. The number of allylic oxidation sites excluding steroid dienone is 1. The van der Waals surface area contributed by atoms with Crippen molar-refractivity contribution in [2.24, 2.45) is 5.41 Å². The Morgan fingerprint density at radius 2 is 1.79 bits per heavy atom. The van der Waals surface area contributed by atoms with Gasteiger partial charge in [-0.05, 0) is 48.6 Å². The molecule has 216 valence electrons. The zero-order valence-electron chi connectivity index (χ0n) is 22.6. The standard InChI is InChI=1S/C31H26O11/c1-12-7-15-22(16(32)8-12)26(37)24-25(36)14-5-6-30(24,28(15)38)10-13-9-17(33)23-18(34)11-31(29(39)40-2,42-27(23)21(13)14)19-3-4-20(35)41-19/h5-9,14,19,28,32-33,37-38H,3-4,10-11H2,1-2H3/t14-,19-,28-,30-,31-/m0/s1. The summed E-state index contributed by atoms with van der Waals surface area (Å²) in [5, 5.41) is 45.0. The number of phenolic OH excluding ortho intramolecular Hbond substituents is 2. The molecular weight excluding hydrogens is 548 g/mol. The van der Waals surface area contributed by atoms with Gasteiger partial charge in [-0.15, -0.1) is 0 Å². The number of ether oxygens (including phenoxy) is 3. The van der Waals surface area contributed by atoms with Crippen molar-refractivity contribution in [2.45, 2.75) is 56.3 Å². The van der Waals surface area contributed by atoms with Crippen LogP contribution in [0, 0.1) is 12.3 Å². The minimum atomic E-state index is -2.06. The maximum absolute atomic E-state index is 14.2. The first kappa shape index (κ1) is 26.3. The Bertz CT molecular complexity index is 1730. The van der Waals surface area contributed by atoms with Crippen LogP contribution < -0.4 is 4.74 Å². The first-order valence-electron chi connectivity index (χ1n) is 13.5. The summed E-state index contributed by atoms with van der Waals surface area (Å²) >= 11 is 0. The molecule has 0 aromatic heterocycles. The van der Waals surface area contributed by atoms with Gasteiger partial charge in [-0.3, -0.25) is 14.4 Å². The second kappa shape index (κ2) is 8.45. The summed E-state index contributed by atoms with van der Waals surface area (Å²) in [6.07, 6.45) is 0.0434. The molecule has 42 heavy (non-hydrogen) atoms. The molecule has 0 saturated carbocycles. The van der Waals surface area contributed by atoms with E-state index < -0.39 is 70.6 Å². The average Bonchev–Trinajstić information content (AvgIpc) is 3.26. The Morgan fingerprint density at radius 3 is 2.48 bits per heavy atom. The lowest BCUT2D eigenvalue weighted by atomic mass is 9.61. The van der Waals surface area contributed by atoms with Gasteiger partial charge in [0.05, 0.1) is 42.1 Å². The van der Waals surface area contributed by atoms with E-state index in [1.807, 2.05) is 0 Å². The van der Waals surface area contributed by atoms with Gasteiger partial charge in [0.2, 0.25) is 5.60 Å². The number of rotatable bonds is 2. The number of carbonyl (C=O) groups excluding carboxylic acids is 4. The van der Waals surface area contributed by atoms with Crippen molar-refractivity contribution in [1.82, 2.24) is 0 Å². The maximum Gasteiger partial charge on any atom is 0.354 e. The topological polar surface area (TPSA) is 177 Å². The van der Waals surface area contributed by atoms with E-state index in [9.17, 15) is 39.6 Å². The molecule has 2 bridgehead atoms. The van der Waals surface area contributed by atoms with E-state index in [-0.39, 0.29) is 58.6 Å². The van der Waals surface area contributed by atoms with Gasteiger partial charge in [-0.2, -0.15) is 0 Å². The van der Waals surface area contributed by atoms with Crippen molar-refractivity contribution in [3.05, 3.63) is 69.3 Å². The first-order valence-corrected chi connectivity index (χ1v) is 13.5. The molecule has 2 heterocycles. The molecule has 11 nitrogen and oxygen atoms in total. The van der Waals surface area contributed by atoms with Crippen molar-refractivity contribution in [3.63, 3.8) is 0 Å². The molecule has 0 radical (unpaired) electrons. The molecule has 8 rings (SSSR count). The second-order valence-corrected chi connectivity index (χ2v) is 11.6. The Morgan fingerprint density at radius 1 is 1.05 bits per heavy atom. The second-order valence-electron chi connectivity index (χ2n) is 11.6. The van der Waals surface area contributed by atoms with Crippen LogP contribution in [-0.4, -0.2) is 62.7 Å². The lowest BCUT2D eigenvalue weighted by Crippen LogP contribution is -2.58. The van der Waals surface area contributed by atoms with Gasteiger partial charge in [-0.1, -0.05) is 18.2 Å². The molecule has 5 atom stereocenters. The summed E-state index contributed by atoms with van der Waals surface area (Å²) in [6.45, 7) is 1.72. The summed E-state index contributed by atoms with van der Waals surface area (Å²) in [4.78, 5) is 53.1. The van der Waals surface area contributed by atoms with Crippen molar-refractivity contribution in [2.75, 3.05) is 7.11 Å². The number of aromatic hydroxyl groups is 2. The number of ketones is 2. The van der Waals surface area contributed by atoms with E-state index in [2.05, 4.69) is 0 Å². The van der Waals surface area contributed by atoms with Crippen LogP contribution in [0.4, 0.5) is 0 Å². The summed E-state index contributed by atoms with van der Waals surface area (Å²) in [7, 11) is 1.11. The molecule has 1 saturated heterocycles. The first-order chi connectivity index (χ1) is 19.9. The molecule has 2 aliphatic heterocycles. The Labute approximate surface area is 238 Å². The van der Waals surface area contributed by atoms with Crippen LogP contribution in [0.15, 0.2) is 35.9 Å². The highest BCUT2D eigenvalue weighted by molar-refractivity contribution is 6.13. The minimum Gasteiger partial charge on any atom is -0.507 e. The third-order valence-corrected chi connectivity index (χ3v) is 9.23. The Hall–Kier alpha value is -4.64. The molecule has 1 spiro atoms. The molecule has 11 heteroatoms. The zero-order valence-corrected chi connectivity index (χ0v) is 22.6. The van der Waals surface area contributed by atoms with Crippen LogP contribution in [0.1, 0.15) is 69.5 Å². The highest BCUT2D eigenvalue weighted by atomic mass is 16.6. The van der Waals surface area contributed by atoms with Crippen molar-refractivity contribution in [1.29, 1.82) is 0 Å². The average molecular weight is 575 g/mol. The third kappa shape index (κ3) is 3.14. The fraction of sp³-hybridized carbons (Fsp3) is 0.355. The van der Waals surface area contributed by atoms with Gasteiger partial charge in [0.15, 0.2) is 17.7 Å². The Balaban J connectivity index is 1.47. The lowest BCUT2D eigenvalue weighted by Gasteiger charge is -2.43. The zero-order chi connectivity index (χ0) is 29.9. The fourth-order valence-electron chi connectivity index (χ4n) is 7.42. The van der Waals surface area contributed by atoms with Crippen LogP contribution in [-0.2, 0) is 30.3 Å². The highest BCUT2D eigenvalue weighted by Crippen LogP contribution is 2.61. The summed E-state index contributed by atoms with van der Waals surface area (Å²) in [6, 6.07) is 4.37. The van der Waals surface area contributed by atoms with Crippen LogP contribution in [0.3, 0.4) is 0 Å². The molecule has 6 aliphatic rings. The van der Waals surface area contributed by atoms with Gasteiger partial charge < -0.3 is 34.6 Å². The van der Waals surface area contributed by atoms with E-state index >= 15 is 0 Å². The van der Waals surface area contributed by atoms with Crippen molar-refractivity contribution < 1.29 is 53.8 Å². The lowest BCUT2D eigenvalue weighted by molar-refractivity contribution is -0.175. The summed E-state index contributed by atoms with van der Waals surface area (Å²) in [5.41, 5.74) is -2.56. The van der Waals surface area contributed by atoms with Crippen LogP contribution in [0.25, 0.3) is 5.76 Å². The van der Waals surface area contributed by atoms with Crippen molar-refractivity contribution >= 4 is 29.3 Å².